The van der Waals surface area contributed by atoms with Crippen molar-refractivity contribution in [2.75, 3.05) is 13.2 Å². The van der Waals surface area contributed by atoms with Crippen LogP contribution in [0.2, 0.25) is 0 Å². The first-order valence-electron chi connectivity index (χ1n) is 6.30. The standard InChI is InChI=1S/C12H23NO3/c14-8-6-11(7-9-15)13-12(16)10-4-2-1-3-5-10/h10-11,14-15H,1-9H2,(H,13,16). The van der Waals surface area contributed by atoms with Crippen LogP contribution in [0.4, 0.5) is 0 Å². The van der Waals surface area contributed by atoms with Gasteiger partial charge in [-0.3, -0.25) is 4.79 Å². The second kappa shape index (κ2) is 7.63. The molecular formula is C12H23NO3. The molecule has 1 rings (SSSR count). The Bertz CT molecular complexity index is 196. The molecule has 0 atom stereocenters. The molecule has 0 aromatic rings. The summed E-state index contributed by atoms with van der Waals surface area (Å²) in [4.78, 5) is 11.9. The van der Waals surface area contributed by atoms with E-state index in [1.807, 2.05) is 0 Å². The van der Waals surface area contributed by atoms with Crippen molar-refractivity contribution in [3.63, 3.8) is 0 Å². The first-order valence-corrected chi connectivity index (χ1v) is 6.30. The molecule has 94 valence electrons. The lowest BCUT2D eigenvalue weighted by atomic mass is 9.88. The minimum absolute atomic E-state index is 0.0512. The Morgan fingerprint density at radius 2 is 1.69 bits per heavy atom. The van der Waals surface area contributed by atoms with Gasteiger partial charge in [-0.05, 0) is 25.7 Å². The van der Waals surface area contributed by atoms with Gasteiger partial charge in [-0.2, -0.15) is 0 Å². The van der Waals surface area contributed by atoms with Crippen molar-refractivity contribution in [3.05, 3.63) is 0 Å². The Hall–Kier alpha value is -0.610. The molecule has 4 heteroatoms. The summed E-state index contributed by atoms with van der Waals surface area (Å²) in [5.74, 6) is 0.250. The maximum absolute atomic E-state index is 11.9. The zero-order chi connectivity index (χ0) is 11.8. The maximum atomic E-state index is 11.9. The van der Waals surface area contributed by atoms with E-state index in [4.69, 9.17) is 10.2 Å². The van der Waals surface area contributed by atoms with Gasteiger partial charge in [-0.25, -0.2) is 0 Å². The number of carbonyl (C=O) groups excluding carboxylic acids is 1. The molecule has 1 saturated carbocycles. The summed E-state index contributed by atoms with van der Waals surface area (Å²) in [6, 6.07) is -0.0792. The molecule has 1 aliphatic rings. The molecule has 4 nitrogen and oxygen atoms in total. The molecule has 0 unspecified atom stereocenters. The number of aliphatic hydroxyl groups is 2. The van der Waals surface area contributed by atoms with Gasteiger partial charge in [0.15, 0.2) is 0 Å². The average Bonchev–Trinajstić information content (AvgIpc) is 2.31. The highest BCUT2D eigenvalue weighted by Crippen LogP contribution is 2.23. The topological polar surface area (TPSA) is 69.6 Å². The minimum Gasteiger partial charge on any atom is -0.396 e. The minimum atomic E-state index is -0.0792. The molecule has 1 fully saturated rings. The van der Waals surface area contributed by atoms with Gasteiger partial charge in [-0.15, -0.1) is 0 Å². The van der Waals surface area contributed by atoms with E-state index in [9.17, 15) is 4.79 Å². The molecule has 0 saturated heterocycles. The molecular weight excluding hydrogens is 206 g/mol. The number of nitrogens with one attached hydrogen (secondary N) is 1. The van der Waals surface area contributed by atoms with E-state index in [0.29, 0.717) is 12.8 Å². The van der Waals surface area contributed by atoms with Crippen molar-refractivity contribution in [3.8, 4) is 0 Å². The van der Waals surface area contributed by atoms with E-state index in [1.54, 1.807) is 0 Å². The Morgan fingerprint density at radius 3 is 2.19 bits per heavy atom. The van der Waals surface area contributed by atoms with Gasteiger partial charge in [0.2, 0.25) is 5.91 Å². The third-order valence-corrected chi connectivity index (χ3v) is 3.28. The van der Waals surface area contributed by atoms with E-state index >= 15 is 0 Å². The van der Waals surface area contributed by atoms with Crippen molar-refractivity contribution < 1.29 is 15.0 Å². The third-order valence-electron chi connectivity index (χ3n) is 3.28. The lowest BCUT2D eigenvalue weighted by Gasteiger charge is -2.24. The van der Waals surface area contributed by atoms with Crippen LogP contribution in [0.15, 0.2) is 0 Å². The van der Waals surface area contributed by atoms with Crippen LogP contribution in [0.5, 0.6) is 0 Å². The third kappa shape index (κ3) is 4.49. The maximum Gasteiger partial charge on any atom is 0.223 e. The second-order valence-electron chi connectivity index (χ2n) is 4.57. The van der Waals surface area contributed by atoms with Gasteiger partial charge >= 0.3 is 0 Å². The number of carbonyl (C=O) groups is 1. The van der Waals surface area contributed by atoms with E-state index < -0.39 is 0 Å². The largest absolute Gasteiger partial charge is 0.396 e. The Kier molecular flexibility index (Phi) is 6.42. The molecule has 0 spiro atoms. The normalized spacial score (nSPS) is 17.7. The molecule has 0 aliphatic heterocycles. The monoisotopic (exact) mass is 229 g/mol. The fourth-order valence-corrected chi connectivity index (χ4v) is 2.28. The molecule has 0 bridgehead atoms. The Morgan fingerprint density at radius 1 is 1.12 bits per heavy atom. The second-order valence-corrected chi connectivity index (χ2v) is 4.57. The number of hydrogen-bond acceptors (Lipinski definition) is 3. The first kappa shape index (κ1) is 13.5. The van der Waals surface area contributed by atoms with Crippen molar-refractivity contribution >= 4 is 5.91 Å². The van der Waals surface area contributed by atoms with E-state index in [2.05, 4.69) is 5.32 Å². The van der Waals surface area contributed by atoms with Gasteiger partial charge in [0.25, 0.3) is 0 Å². The van der Waals surface area contributed by atoms with Gasteiger partial charge < -0.3 is 15.5 Å². The highest BCUT2D eigenvalue weighted by molar-refractivity contribution is 5.79. The highest BCUT2D eigenvalue weighted by atomic mass is 16.3. The van der Waals surface area contributed by atoms with Crippen molar-refractivity contribution in [2.45, 2.75) is 51.0 Å². The smallest absolute Gasteiger partial charge is 0.223 e. The SMILES string of the molecule is O=C(NC(CCO)CCO)C1CCCCC1. The summed E-state index contributed by atoms with van der Waals surface area (Å²) in [7, 11) is 0. The molecule has 3 N–H and O–H groups in total. The van der Waals surface area contributed by atoms with Gasteiger partial charge in [0, 0.05) is 25.2 Å². The van der Waals surface area contributed by atoms with E-state index in [1.165, 1.54) is 6.42 Å². The van der Waals surface area contributed by atoms with Crippen LogP contribution >= 0.6 is 0 Å². The molecule has 1 aliphatic carbocycles. The number of aliphatic hydroxyl groups excluding tert-OH is 2. The van der Waals surface area contributed by atoms with Gasteiger partial charge in [0.1, 0.15) is 0 Å². The first-order chi connectivity index (χ1) is 7.77. The van der Waals surface area contributed by atoms with Crippen LogP contribution in [0, 0.1) is 5.92 Å². The lowest BCUT2D eigenvalue weighted by Crippen LogP contribution is -2.40. The van der Waals surface area contributed by atoms with Crippen molar-refractivity contribution in [1.29, 1.82) is 0 Å². The van der Waals surface area contributed by atoms with Crippen molar-refractivity contribution in [1.82, 2.24) is 5.32 Å². The van der Waals surface area contributed by atoms with Crippen LogP contribution in [-0.4, -0.2) is 35.4 Å². The lowest BCUT2D eigenvalue weighted by molar-refractivity contribution is -0.126. The van der Waals surface area contributed by atoms with Gasteiger partial charge in [-0.1, -0.05) is 19.3 Å². The summed E-state index contributed by atoms with van der Waals surface area (Å²) in [6.45, 7) is 0.102. The fourth-order valence-electron chi connectivity index (χ4n) is 2.28. The molecule has 0 aromatic carbocycles. The number of rotatable bonds is 6. The molecule has 16 heavy (non-hydrogen) atoms. The van der Waals surface area contributed by atoms with E-state index in [-0.39, 0.29) is 31.1 Å². The predicted molar refractivity (Wildman–Crippen MR) is 61.9 cm³/mol. The fraction of sp³-hybridized carbons (Fsp3) is 0.917. The Labute approximate surface area is 97.0 Å². The summed E-state index contributed by atoms with van der Waals surface area (Å²) >= 11 is 0. The quantitative estimate of drug-likeness (QED) is 0.631. The van der Waals surface area contributed by atoms with E-state index in [0.717, 1.165) is 25.7 Å². The summed E-state index contributed by atoms with van der Waals surface area (Å²) in [5, 5.41) is 20.6. The van der Waals surface area contributed by atoms with Crippen LogP contribution in [0.1, 0.15) is 44.9 Å². The summed E-state index contributed by atoms with van der Waals surface area (Å²) in [6.07, 6.45) is 6.54. The number of amides is 1. The van der Waals surface area contributed by atoms with Crippen LogP contribution < -0.4 is 5.32 Å². The molecule has 0 aromatic heterocycles. The van der Waals surface area contributed by atoms with Crippen LogP contribution in [0.25, 0.3) is 0 Å². The van der Waals surface area contributed by atoms with Crippen LogP contribution in [-0.2, 0) is 4.79 Å². The van der Waals surface area contributed by atoms with Gasteiger partial charge in [0.05, 0.1) is 0 Å². The average molecular weight is 229 g/mol. The van der Waals surface area contributed by atoms with Crippen LogP contribution in [0.3, 0.4) is 0 Å². The molecule has 0 heterocycles. The van der Waals surface area contributed by atoms with Crippen molar-refractivity contribution in [2.24, 2.45) is 5.92 Å². The highest BCUT2D eigenvalue weighted by Gasteiger charge is 2.22. The predicted octanol–water partition coefficient (Wildman–Crippen LogP) is 0.816. The Balaban J connectivity index is 2.33. The zero-order valence-corrected chi connectivity index (χ0v) is 9.82. The molecule has 0 radical (unpaired) electrons. The number of hydrogen-bond donors (Lipinski definition) is 3. The zero-order valence-electron chi connectivity index (χ0n) is 9.82. The summed E-state index contributed by atoms with van der Waals surface area (Å²) < 4.78 is 0. The summed E-state index contributed by atoms with van der Waals surface area (Å²) in [5.41, 5.74) is 0. The molecule has 1 amide bonds.